The zero-order chi connectivity index (χ0) is 28.8. The zero-order valence-electron chi connectivity index (χ0n) is 22.1. The molecule has 3 N–H and O–H groups in total. The van der Waals surface area contributed by atoms with Crippen LogP contribution in [0.4, 0.5) is 18.9 Å². The quantitative estimate of drug-likeness (QED) is 0.387. The van der Waals surface area contributed by atoms with E-state index in [2.05, 4.69) is 16.0 Å². The van der Waals surface area contributed by atoms with Gasteiger partial charge in [0.05, 0.1) is 12.6 Å². The lowest BCUT2D eigenvalue weighted by atomic mass is 9.94. The molecule has 0 radical (unpaired) electrons. The number of hydrogen-bond acceptors (Lipinski definition) is 6. The van der Waals surface area contributed by atoms with Crippen LogP contribution in [0.5, 0.6) is 0 Å². The normalized spacial score (nSPS) is 25.4. The van der Waals surface area contributed by atoms with Gasteiger partial charge in [0.2, 0.25) is 23.5 Å². The van der Waals surface area contributed by atoms with Gasteiger partial charge in [-0.15, -0.1) is 0 Å². The van der Waals surface area contributed by atoms with Crippen molar-refractivity contribution in [2.75, 3.05) is 39.0 Å². The maximum absolute atomic E-state index is 14.0. The minimum Gasteiger partial charge on any atom is -0.371 e. The number of fused-ring (bicyclic) bond motifs is 1. The van der Waals surface area contributed by atoms with Gasteiger partial charge in [-0.25, -0.2) is 13.2 Å². The van der Waals surface area contributed by atoms with E-state index in [0.717, 1.165) is 4.90 Å². The molecule has 39 heavy (non-hydrogen) atoms. The van der Waals surface area contributed by atoms with Gasteiger partial charge in [0, 0.05) is 45.2 Å². The van der Waals surface area contributed by atoms with Crippen LogP contribution >= 0.6 is 0 Å². The average Bonchev–Trinajstić information content (AvgIpc) is 3.19. The highest BCUT2D eigenvalue weighted by atomic mass is 19.1. The summed E-state index contributed by atoms with van der Waals surface area (Å²) in [4.78, 5) is 66.7. The molecule has 1 saturated carbocycles. The fourth-order valence-electron chi connectivity index (χ4n) is 5.83. The number of likely N-dealkylation sites (N-methyl/N-ethyl adjacent to an activating group) is 1. The van der Waals surface area contributed by atoms with E-state index >= 15 is 0 Å². The van der Waals surface area contributed by atoms with Gasteiger partial charge in [-0.2, -0.15) is 0 Å². The van der Waals surface area contributed by atoms with Crippen molar-refractivity contribution in [2.45, 2.75) is 38.8 Å². The molecule has 4 rings (SSSR count). The number of Topliss-reactive ketones (excluding diaryl/α,β-unsaturated/α-hetero) is 1. The Balaban J connectivity index is 1.52. The Bertz CT molecular complexity index is 1200. The number of ketones is 1. The lowest BCUT2D eigenvalue weighted by molar-refractivity contribution is -0.146. The van der Waals surface area contributed by atoms with Gasteiger partial charge in [-0.05, 0) is 30.1 Å². The summed E-state index contributed by atoms with van der Waals surface area (Å²) >= 11 is 0. The van der Waals surface area contributed by atoms with E-state index in [0.29, 0.717) is 25.1 Å². The second-order valence-corrected chi connectivity index (χ2v) is 11.2. The molecule has 3 aliphatic rings. The molecule has 2 aliphatic heterocycles. The number of benzene rings is 1. The van der Waals surface area contributed by atoms with Crippen LogP contribution in [0.2, 0.25) is 0 Å². The Morgan fingerprint density at radius 3 is 2.36 bits per heavy atom. The second-order valence-electron chi connectivity index (χ2n) is 11.2. The van der Waals surface area contributed by atoms with E-state index in [4.69, 9.17) is 0 Å². The number of nitrogens with zero attached hydrogens (tertiary/aromatic N) is 2. The van der Waals surface area contributed by atoms with E-state index < -0.39 is 71.2 Å². The number of rotatable bonds is 9. The minimum atomic E-state index is -1.28. The van der Waals surface area contributed by atoms with Crippen molar-refractivity contribution in [3.63, 3.8) is 0 Å². The Hall–Kier alpha value is -3.64. The first-order valence-corrected chi connectivity index (χ1v) is 12.8. The summed E-state index contributed by atoms with van der Waals surface area (Å²) in [5, 5.41) is 7.64. The molecule has 1 aromatic carbocycles. The SMILES string of the molecule is CN(C)C(=O)C(=O)[C@H](C[C@@H]1CCNC1=O)NC(=O)[C@@H]1[C@@H]2[C@H](CN1C(=O)CNc1c(F)cc(F)cc1F)C2(C)C. The molecule has 13 heteroatoms. The Morgan fingerprint density at radius 2 is 1.79 bits per heavy atom. The molecule has 0 spiro atoms. The van der Waals surface area contributed by atoms with Gasteiger partial charge in [-0.1, -0.05) is 13.8 Å². The molecule has 0 bridgehead atoms. The van der Waals surface area contributed by atoms with Crippen LogP contribution in [0.1, 0.15) is 26.7 Å². The van der Waals surface area contributed by atoms with Crippen LogP contribution in [0.25, 0.3) is 0 Å². The number of amides is 4. The highest BCUT2D eigenvalue weighted by Crippen LogP contribution is 2.64. The highest BCUT2D eigenvalue weighted by molar-refractivity contribution is 6.38. The molecule has 10 nitrogen and oxygen atoms in total. The lowest BCUT2D eigenvalue weighted by Crippen LogP contribution is -2.56. The van der Waals surface area contributed by atoms with Gasteiger partial charge in [0.1, 0.15) is 17.5 Å². The van der Waals surface area contributed by atoms with E-state index in [1.165, 1.54) is 19.0 Å². The van der Waals surface area contributed by atoms with E-state index in [1.807, 2.05) is 13.8 Å². The third-order valence-corrected chi connectivity index (χ3v) is 8.15. The van der Waals surface area contributed by atoms with Crippen LogP contribution in [0.15, 0.2) is 12.1 Å². The summed E-state index contributed by atoms with van der Waals surface area (Å²) in [5.41, 5.74) is -0.941. The van der Waals surface area contributed by atoms with E-state index in [1.54, 1.807) is 0 Å². The number of likely N-dealkylation sites (tertiary alicyclic amines) is 1. The Morgan fingerprint density at radius 1 is 1.15 bits per heavy atom. The number of halogens is 3. The molecular weight excluding hydrogens is 519 g/mol. The zero-order valence-corrected chi connectivity index (χ0v) is 22.1. The first-order valence-electron chi connectivity index (χ1n) is 12.8. The molecule has 0 aromatic heterocycles. The van der Waals surface area contributed by atoms with Crippen LogP contribution in [0.3, 0.4) is 0 Å². The summed E-state index contributed by atoms with van der Waals surface area (Å²) in [6, 6.07) is -1.31. The Kier molecular flexibility index (Phi) is 7.63. The molecule has 1 aromatic rings. The third kappa shape index (κ3) is 5.44. The van der Waals surface area contributed by atoms with Crippen molar-refractivity contribution < 1.29 is 37.1 Å². The van der Waals surface area contributed by atoms with Crippen molar-refractivity contribution in [1.82, 2.24) is 20.4 Å². The third-order valence-electron chi connectivity index (χ3n) is 8.15. The molecule has 5 atom stereocenters. The number of anilines is 1. The van der Waals surface area contributed by atoms with Crippen LogP contribution in [-0.2, 0) is 24.0 Å². The van der Waals surface area contributed by atoms with E-state index in [-0.39, 0.29) is 36.1 Å². The van der Waals surface area contributed by atoms with Crippen molar-refractivity contribution in [3.8, 4) is 0 Å². The predicted molar refractivity (Wildman–Crippen MR) is 132 cm³/mol. The number of piperidine rings is 1. The first-order chi connectivity index (χ1) is 18.2. The fraction of sp³-hybridized carbons (Fsp3) is 0.577. The summed E-state index contributed by atoms with van der Waals surface area (Å²) in [6.07, 6.45) is 0.376. The second kappa shape index (κ2) is 10.5. The predicted octanol–water partition coefficient (Wildman–Crippen LogP) is 0.667. The summed E-state index contributed by atoms with van der Waals surface area (Å²) in [6.45, 7) is 3.98. The fourth-order valence-corrected chi connectivity index (χ4v) is 5.83. The number of carbonyl (C=O) groups excluding carboxylic acids is 5. The van der Waals surface area contributed by atoms with Crippen molar-refractivity contribution in [2.24, 2.45) is 23.2 Å². The summed E-state index contributed by atoms with van der Waals surface area (Å²) in [5.74, 6) is -7.59. The monoisotopic (exact) mass is 551 g/mol. The van der Waals surface area contributed by atoms with Crippen molar-refractivity contribution in [1.29, 1.82) is 0 Å². The van der Waals surface area contributed by atoms with Crippen LogP contribution in [-0.4, -0.2) is 85.0 Å². The van der Waals surface area contributed by atoms with Gasteiger partial charge in [0.15, 0.2) is 11.6 Å². The van der Waals surface area contributed by atoms with Crippen molar-refractivity contribution in [3.05, 3.63) is 29.6 Å². The van der Waals surface area contributed by atoms with Gasteiger partial charge in [0.25, 0.3) is 5.91 Å². The molecule has 2 saturated heterocycles. The van der Waals surface area contributed by atoms with Crippen LogP contribution in [0, 0.1) is 40.6 Å². The summed E-state index contributed by atoms with van der Waals surface area (Å²) in [7, 11) is 2.80. The standard InChI is InChI=1S/C26H32F3N5O5/c1-26(2)14-11-34(18(35)10-31-20-15(28)8-13(27)9-16(20)29)21(19(14)26)24(38)32-17(22(36)25(39)33(3)4)7-12-5-6-30-23(12)37/h8-9,12,14,17,19,21,31H,5-7,10-11H2,1-4H3,(H,30,37)(H,32,38)/t12-,14-,17-,19-,21-/m0/s1. The molecular formula is C26H32F3N5O5. The number of carbonyl (C=O) groups is 5. The molecule has 212 valence electrons. The molecule has 1 aliphatic carbocycles. The highest BCUT2D eigenvalue weighted by Gasteiger charge is 2.69. The Labute approximate surface area is 223 Å². The topological polar surface area (TPSA) is 128 Å². The maximum Gasteiger partial charge on any atom is 0.291 e. The molecule has 3 fully saturated rings. The van der Waals surface area contributed by atoms with Crippen molar-refractivity contribution >= 4 is 35.1 Å². The number of hydrogen-bond donors (Lipinski definition) is 3. The summed E-state index contributed by atoms with van der Waals surface area (Å²) < 4.78 is 41.3. The number of nitrogens with one attached hydrogen (secondary N) is 3. The minimum absolute atomic E-state index is 0.0188. The molecule has 0 unspecified atom stereocenters. The largest absolute Gasteiger partial charge is 0.371 e. The molecule has 2 heterocycles. The average molecular weight is 552 g/mol. The van der Waals surface area contributed by atoms with Gasteiger partial charge < -0.3 is 25.8 Å². The van der Waals surface area contributed by atoms with Gasteiger partial charge >= 0.3 is 0 Å². The van der Waals surface area contributed by atoms with Crippen LogP contribution < -0.4 is 16.0 Å². The maximum atomic E-state index is 14.0. The first kappa shape index (κ1) is 28.4. The van der Waals surface area contributed by atoms with E-state index in [9.17, 15) is 37.1 Å². The smallest absolute Gasteiger partial charge is 0.291 e. The van der Waals surface area contributed by atoms with Gasteiger partial charge in [-0.3, -0.25) is 24.0 Å². The molecule has 4 amide bonds. The lowest BCUT2D eigenvalue weighted by Gasteiger charge is -2.31.